The molecule has 0 aliphatic carbocycles. The maximum atomic E-state index is 12.1. The summed E-state index contributed by atoms with van der Waals surface area (Å²) >= 11 is 0. The molecule has 138 valence electrons. The van der Waals surface area contributed by atoms with Crippen LogP contribution in [0.1, 0.15) is 18.4 Å². The molecule has 0 bridgehead atoms. The molecule has 1 heterocycles. The van der Waals surface area contributed by atoms with Crippen molar-refractivity contribution in [1.82, 2.24) is 10.9 Å². The van der Waals surface area contributed by atoms with Crippen molar-refractivity contribution in [3.63, 3.8) is 0 Å². The van der Waals surface area contributed by atoms with Crippen LogP contribution in [0.15, 0.2) is 17.0 Å². The van der Waals surface area contributed by atoms with Gasteiger partial charge in [-0.25, -0.2) is 13.8 Å². The third-order valence-electron chi connectivity index (χ3n) is 3.77. The van der Waals surface area contributed by atoms with E-state index in [4.69, 9.17) is 14.2 Å². The van der Waals surface area contributed by atoms with E-state index in [2.05, 4.69) is 10.9 Å². The molecule has 1 aromatic rings. The molecule has 1 unspecified atom stereocenters. The molecule has 25 heavy (non-hydrogen) atoms. The van der Waals surface area contributed by atoms with Crippen LogP contribution < -0.4 is 25.1 Å². The minimum atomic E-state index is -3.59. The normalized spacial score (nSPS) is 18.1. The lowest BCUT2D eigenvalue weighted by atomic mass is 10.1. The van der Waals surface area contributed by atoms with E-state index in [1.54, 1.807) is 12.1 Å². The first-order valence-electron chi connectivity index (χ1n) is 7.57. The Labute approximate surface area is 147 Å². The molecule has 2 N–H and O–H groups in total. The standard InChI is InChI=1S/C16H22N2O6S/c1-22-12-9-10(5-6-11-7-8-13(19)18-17-11)14(23-2)15(24-3)16(12)25(4,20)21/h5-6,9,11,17H,7-8H2,1-4H3,(H,18,19)/b6-5+. The van der Waals surface area contributed by atoms with E-state index in [1.165, 1.54) is 21.3 Å². The molecule has 2 rings (SSSR count). The highest BCUT2D eigenvalue weighted by atomic mass is 32.2. The number of ether oxygens (including phenoxy) is 3. The number of hydrogen-bond donors (Lipinski definition) is 2. The lowest BCUT2D eigenvalue weighted by Crippen LogP contribution is -2.48. The molecule has 1 aromatic carbocycles. The smallest absolute Gasteiger partial charge is 0.234 e. The summed E-state index contributed by atoms with van der Waals surface area (Å²) in [5.41, 5.74) is 6.05. The predicted molar refractivity (Wildman–Crippen MR) is 92.5 cm³/mol. The largest absolute Gasteiger partial charge is 0.495 e. The van der Waals surface area contributed by atoms with Gasteiger partial charge >= 0.3 is 0 Å². The van der Waals surface area contributed by atoms with Gasteiger partial charge in [0.1, 0.15) is 5.75 Å². The van der Waals surface area contributed by atoms with Crippen LogP contribution in [0.2, 0.25) is 0 Å². The minimum absolute atomic E-state index is 0.0472. The van der Waals surface area contributed by atoms with Crippen molar-refractivity contribution >= 4 is 21.8 Å². The summed E-state index contributed by atoms with van der Waals surface area (Å²) in [6.45, 7) is 0. The van der Waals surface area contributed by atoms with E-state index in [9.17, 15) is 13.2 Å². The number of nitrogens with one attached hydrogen (secondary N) is 2. The lowest BCUT2D eigenvalue weighted by molar-refractivity contribution is -0.123. The molecular weight excluding hydrogens is 348 g/mol. The first-order chi connectivity index (χ1) is 11.8. The fraction of sp³-hybridized carbons (Fsp3) is 0.438. The predicted octanol–water partition coefficient (Wildman–Crippen LogP) is 0.912. The SMILES string of the molecule is COc1cc(/C=C/C2CCC(=O)NN2)c(OC)c(OC)c1S(C)(=O)=O. The maximum Gasteiger partial charge on any atom is 0.234 e. The summed E-state index contributed by atoms with van der Waals surface area (Å²) < 4.78 is 40.2. The van der Waals surface area contributed by atoms with E-state index in [-0.39, 0.29) is 28.3 Å². The number of rotatable bonds is 6. The first-order valence-corrected chi connectivity index (χ1v) is 9.46. The zero-order valence-electron chi connectivity index (χ0n) is 14.6. The lowest BCUT2D eigenvalue weighted by Gasteiger charge is -2.21. The van der Waals surface area contributed by atoms with Gasteiger partial charge in [0.25, 0.3) is 0 Å². The van der Waals surface area contributed by atoms with Crippen LogP contribution in [0, 0.1) is 0 Å². The van der Waals surface area contributed by atoms with Crippen molar-refractivity contribution in [3.05, 3.63) is 17.7 Å². The highest BCUT2D eigenvalue weighted by Gasteiger charge is 2.26. The van der Waals surface area contributed by atoms with Crippen LogP contribution in [-0.4, -0.2) is 48.0 Å². The van der Waals surface area contributed by atoms with E-state index >= 15 is 0 Å². The van der Waals surface area contributed by atoms with Gasteiger partial charge in [0.05, 0.1) is 21.3 Å². The Bertz CT molecular complexity index is 778. The molecule has 0 aromatic heterocycles. The van der Waals surface area contributed by atoms with E-state index in [0.717, 1.165) is 6.26 Å². The number of carbonyl (C=O) groups is 1. The van der Waals surface area contributed by atoms with Gasteiger partial charge in [-0.05, 0) is 12.5 Å². The van der Waals surface area contributed by atoms with E-state index in [0.29, 0.717) is 24.2 Å². The van der Waals surface area contributed by atoms with Gasteiger partial charge in [-0.1, -0.05) is 12.2 Å². The van der Waals surface area contributed by atoms with Crippen LogP contribution in [0.3, 0.4) is 0 Å². The zero-order chi connectivity index (χ0) is 18.6. The first kappa shape index (κ1) is 19.1. The monoisotopic (exact) mass is 370 g/mol. The second-order valence-corrected chi connectivity index (χ2v) is 7.49. The summed E-state index contributed by atoms with van der Waals surface area (Å²) in [5.74, 6) is 0.501. The fourth-order valence-corrected chi connectivity index (χ4v) is 3.62. The van der Waals surface area contributed by atoms with Gasteiger partial charge in [0.2, 0.25) is 5.91 Å². The highest BCUT2D eigenvalue weighted by molar-refractivity contribution is 7.91. The number of hydrazine groups is 1. The topological polar surface area (TPSA) is 103 Å². The van der Waals surface area contributed by atoms with Crippen LogP contribution in [-0.2, 0) is 14.6 Å². The molecule has 0 saturated carbocycles. The molecule has 1 saturated heterocycles. The average molecular weight is 370 g/mol. The van der Waals surface area contributed by atoms with Crippen molar-refractivity contribution in [2.75, 3.05) is 27.6 Å². The Kier molecular flexibility index (Phi) is 5.91. The van der Waals surface area contributed by atoms with Crippen LogP contribution in [0.4, 0.5) is 0 Å². The van der Waals surface area contributed by atoms with Crippen LogP contribution in [0.25, 0.3) is 6.08 Å². The molecule has 0 spiro atoms. The zero-order valence-corrected chi connectivity index (χ0v) is 15.4. The molecule has 1 atom stereocenters. The number of sulfone groups is 1. The second-order valence-electron chi connectivity index (χ2n) is 5.53. The second kappa shape index (κ2) is 7.75. The molecule has 9 heteroatoms. The Hall–Kier alpha value is -2.26. The average Bonchev–Trinajstić information content (AvgIpc) is 2.58. The van der Waals surface area contributed by atoms with Gasteiger partial charge in [0, 0.05) is 24.3 Å². The Morgan fingerprint density at radius 1 is 1.16 bits per heavy atom. The molecule has 1 fully saturated rings. The number of methoxy groups -OCH3 is 3. The van der Waals surface area contributed by atoms with Gasteiger partial charge in [-0.2, -0.15) is 0 Å². The fourth-order valence-electron chi connectivity index (χ4n) is 2.60. The Morgan fingerprint density at radius 3 is 2.32 bits per heavy atom. The van der Waals surface area contributed by atoms with E-state index < -0.39 is 9.84 Å². The van der Waals surface area contributed by atoms with Crippen molar-refractivity contribution in [2.24, 2.45) is 0 Å². The number of carbonyl (C=O) groups excluding carboxylic acids is 1. The molecule has 1 aliphatic heterocycles. The van der Waals surface area contributed by atoms with Crippen LogP contribution >= 0.6 is 0 Å². The Balaban J connectivity index is 2.49. The molecule has 0 radical (unpaired) electrons. The van der Waals surface area contributed by atoms with E-state index in [1.807, 2.05) is 6.08 Å². The molecule has 8 nitrogen and oxygen atoms in total. The summed E-state index contributed by atoms with van der Waals surface area (Å²) in [5, 5.41) is 0. The molecule has 1 amide bonds. The summed E-state index contributed by atoms with van der Waals surface area (Å²) in [6, 6.07) is 1.53. The van der Waals surface area contributed by atoms with Crippen molar-refractivity contribution < 1.29 is 27.4 Å². The van der Waals surface area contributed by atoms with Gasteiger partial charge < -0.3 is 14.2 Å². The third kappa shape index (κ3) is 4.23. The number of hydrogen-bond acceptors (Lipinski definition) is 7. The van der Waals surface area contributed by atoms with Gasteiger partial charge in [0.15, 0.2) is 26.2 Å². The minimum Gasteiger partial charge on any atom is -0.495 e. The van der Waals surface area contributed by atoms with Crippen molar-refractivity contribution in [2.45, 2.75) is 23.8 Å². The van der Waals surface area contributed by atoms with Gasteiger partial charge in [-0.3, -0.25) is 10.2 Å². The van der Waals surface area contributed by atoms with Crippen LogP contribution in [0.5, 0.6) is 17.2 Å². The Morgan fingerprint density at radius 2 is 1.84 bits per heavy atom. The van der Waals surface area contributed by atoms with Gasteiger partial charge in [-0.15, -0.1) is 0 Å². The van der Waals surface area contributed by atoms with Crippen molar-refractivity contribution in [3.8, 4) is 17.2 Å². The third-order valence-corrected chi connectivity index (χ3v) is 4.90. The van der Waals surface area contributed by atoms with Crippen molar-refractivity contribution in [1.29, 1.82) is 0 Å². The maximum absolute atomic E-state index is 12.1. The number of benzene rings is 1. The molecule has 1 aliphatic rings. The molecular formula is C16H22N2O6S. The summed E-state index contributed by atoms with van der Waals surface area (Å²) in [6.07, 6.45) is 5.79. The highest BCUT2D eigenvalue weighted by Crippen LogP contribution is 2.44. The number of amides is 1. The summed E-state index contributed by atoms with van der Waals surface area (Å²) in [7, 11) is 0.607. The quantitative estimate of drug-likeness (QED) is 0.767. The summed E-state index contributed by atoms with van der Waals surface area (Å²) in [4.78, 5) is 11.1.